The molecule has 61 heavy (non-hydrogen) atoms. The van der Waals surface area contributed by atoms with Gasteiger partial charge >= 0.3 is 12.0 Å². The fourth-order valence-corrected chi connectivity index (χ4v) is 6.40. The zero-order chi connectivity index (χ0) is 45.8. The highest BCUT2D eigenvalue weighted by Gasteiger charge is 2.39. The van der Waals surface area contributed by atoms with E-state index >= 15 is 0 Å². The topological polar surface area (TPSA) is 389 Å². The van der Waals surface area contributed by atoms with Gasteiger partial charge in [-0.05, 0) is 75.5 Å². The van der Waals surface area contributed by atoms with Crippen LogP contribution < -0.4 is 54.8 Å². The number of carboxylic acids is 1. The van der Waals surface area contributed by atoms with Gasteiger partial charge in [0.2, 0.25) is 35.4 Å². The zero-order valence-corrected chi connectivity index (χ0v) is 34.7. The summed E-state index contributed by atoms with van der Waals surface area (Å²) in [5, 5.41) is 44.5. The van der Waals surface area contributed by atoms with Crippen LogP contribution in [0.1, 0.15) is 71.3 Å². The minimum absolute atomic E-state index is 0.00646. The van der Waals surface area contributed by atoms with Crippen LogP contribution in [-0.2, 0) is 40.0 Å². The second-order valence-corrected chi connectivity index (χ2v) is 15.2. The van der Waals surface area contributed by atoms with Crippen molar-refractivity contribution in [2.45, 2.75) is 114 Å². The van der Waals surface area contributed by atoms with Gasteiger partial charge in [-0.1, -0.05) is 26.0 Å². The average Bonchev–Trinajstić information content (AvgIpc) is 3.69. The van der Waals surface area contributed by atoms with Crippen LogP contribution in [-0.4, -0.2) is 142 Å². The summed E-state index contributed by atoms with van der Waals surface area (Å²) in [5.74, 6) is -6.49. The Hall–Kier alpha value is -6.23. The predicted molar refractivity (Wildman–Crippen MR) is 221 cm³/mol. The number of nitrogens with two attached hydrogens (primary N) is 4. The summed E-state index contributed by atoms with van der Waals surface area (Å²) in [5.41, 5.74) is 22.1. The molecule has 1 aliphatic heterocycles. The molecule has 340 valence electrons. The van der Waals surface area contributed by atoms with Gasteiger partial charge in [0.05, 0.1) is 12.6 Å². The average molecular weight is 863 g/mol. The summed E-state index contributed by atoms with van der Waals surface area (Å²) in [6.45, 7) is 4.34. The highest BCUT2D eigenvalue weighted by molar-refractivity contribution is 5.97. The molecular weight excluding hydrogens is 800 g/mol. The van der Waals surface area contributed by atoms with Gasteiger partial charge < -0.3 is 75.1 Å². The lowest BCUT2D eigenvalue weighted by Gasteiger charge is -2.30. The second-order valence-electron chi connectivity index (χ2n) is 15.2. The Kier molecular flexibility index (Phi) is 21.2. The number of aliphatic hydroxyl groups excluding tert-OH is 1. The summed E-state index contributed by atoms with van der Waals surface area (Å²) in [7, 11) is 0. The standard InChI is InChI=1S/C38H62N12O11/c1-20(2)17-26(32(55)46-25(8-5-14-43-37(40)41)35(58)50-16-6-9-29(50)36(59)60)47-31(54)24(7-4-15-44-38(42)61)45-33(56)27(18-22-10-12-23(52)13-11-22)48-34(57)28(19-51)49-30(53)21(3)39/h10-13,20-21,24-29,51-52H,4-9,14-19,39H2,1-3H3,(H,45,56)(H,46,55)(H,47,54)(H,48,57)(H,49,53)(H,59,60)(H4,40,41,43)(H3,42,44,61)/t21-,24+,25-,26-,27-,28-,29-/m0/s1. The number of guanidine groups is 1. The molecule has 1 aliphatic rings. The highest BCUT2D eigenvalue weighted by Crippen LogP contribution is 2.20. The number of aliphatic carboxylic acids is 1. The number of nitrogens with one attached hydrogen (secondary N) is 6. The summed E-state index contributed by atoms with van der Waals surface area (Å²) in [6.07, 6.45) is 0.784. The first kappa shape index (κ1) is 50.9. The first-order valence-corrected chi connectivity index (χ1v) is 20.0. The molecule has 23 nitrogen and oxygen atoms in total. The third kappa shape index (κ3) is 17.9. The highest BCUT2D eigenvalue weighted by atomic mass is 16.4. The number of hydrogen-bond donors (Lipinski definition) is 13. The largest absolute Gasteiger partial charge is 0.508 e. The second kappa shape index (κ2) is 25.4. The monoisotopic (exact) mass is 862 g/mol. The van der Waals surface area contributed by atoms with Crippen molar-refractivity contribution in [2.24, 2.45) is 33.8 Å². The van der Waals surface area contributed by atoms with Crippen molar-refractivity contribution < 1.29 is 53.7 Å². The number of likely N-dealkylation sites (tertiary alicyclic amines) is 1. The Morgan fingerprint density at radius 1 is 0.770 bits per heavy atom. The van der Waals surface area contributed by atoms with Crippen LogP contribution in [0.25, 0.3) is 0 Å². The van der Waals surface area contributed by atoms with E-state index in [1.807, 2.05) is 0 Å². The molecule has 23 heteroatoms. The Morgan fingerprint density at radius 3 is 1.89 bits per heavy atom. The number of amides is 8. The van der Waals surface area contributed by atoms with Gasteiger partial charge in [0.1, 0.15) is 42.0 Å². The lowest BCUT2D eigenvalue weighted by atomic mass is 10.0. The number of rotatable bonds is 25. The van der Waals surface area contributed by atoms with Gasteiger partial charge in [-0.3, -0.25) is 33.8 Å². The number of nitrogens with zero attached hydrogens (tertiary/aromatic N) is 2. The summed E-state index contributed by atoms with van der Waals surface area (Å²) >= 11 is 0. The number of aliphatic hydroxyl groups is 1. The number of carbonyl (C=O) groups is 8. The maximum atomic E-state index is 14.1. The molecule has 0 bridgehead atoms. The van der Waals surface area contributed by atoms with Crippen LogP contribution in [0.4, 0.5) is 4.79 Å². The number of carboxylic acid groups (broad SMARTS) is 1. The molecule has 1 aromatic carbocycles. The van der Waals surface area contributed by atoms with E-state index in [1.165, 1.54) is 36.1 Å². The molecule has 0 spiro atoms. The molecule has 1 heterocycles. The van der Waals surface area contributed by atoms with E-state index in [2.05, 4.69) is 36.9 Å². The number of benzene rings is 1. The molecule has 0 radical (unpaired) electrons. The molecule has 0 aromatic heterocycles. The van der Waals surface area contributed by atoms with E-state index in [-0.39, 0.29) is 82.2 Å². The molecular formula is C38H62N12O11. The Labute approximate surface area is 353 Å². The van der Waals surface area contributed by atoms with Gasteiger partial charge in [-0.25, -0.2) is 9.59 Å². The van der Waals surface area contributed by atoms with Crippen molar-refractivity contribution >= 4 is 53.4 Å². The molecule has 8 amide bonds. The SMILES string of the molecule is CC(C)C[C@H](NC(=O)[C@@H](CCCNC(N)=O)NC(=O)[C@H](Cc1ccc(O)cc1)NC(=O)[C@H](CO)NC(=O)[C@H](C)N)C(=O)N[C@@H](CCCN=C(N)N)C(=O)N1CCC[C@H]1C(=O)O. The van der Waals surface area contributed by atoms with E-state index in [4.69, 9.17) is 22.9 Å². The van der Waals surface area contributed by atoms with Crippen molar-refractivity contribution in [1.82, 2.24) is 36.8 Å². The maximum absolute atomic E-state index is 14.1. The fourth-order valence-electron chi connectivity index (χ4n) is 6.40. The van der Waals surface area contributed by atoms with E-state index in [0.717, 1.165) is 0 Å². The van der Waals surface area contributed by atoms with Gasteiger partial charge in [0, 0.05) is 26.1 Å². The summed E-state index contributed by atoms with van der Waals surface area (Å²) in [4.78, 5) is 110. The number of phenolic OH excluding ortho intramolecular Hbond substituents is 1. The van der Waals surface area contributed by atoms with Gasteiger partial charge in [-0.2, -0.15) is 0 Å². The first-order chi connectivity index (χ1) is 28.7. The van der Waals surface area contributed by atoms with Crippen LogP contribution in [0, 0.1) is 5.92 Å². The quantitative estimate of drug-likeness (QED) is 0.0256. The van der Waals surface area contributed by atoms with E-state index < -0.39 is 96.3 Å². The Balaban J connectivity index is 2.44. The molecule has 17 N–H and O–H groups in total. The maximum Gasteiger partial charge on any atom is 0.326 e. The van der Waals surface area contributed by atoms with Crippen molar-refractivity contribution in [3.63, 3.8) is 0 Å². The number of urea groups is 1. The molecule has 1 saturated heterocycles. The molecule has 0 saturated carbocycles. The molecule has 1 aromatic rings. The Bertz CT molecular complexity index is 1710. The zero-order valence-electron chi connectivity index (χ0n) is 34.7. The van der Waals surface area contributed by atoms with Crippen molar-refractivity contribution in [1.29, 1.82) is 0 Å². The number of phenols is 1. The number of aliphatic imine (C=N–C) groups is 1. The summed E-state index contributed by atoms with van der Waals surface area (Å²) in [6, 6.07) is -4.10. The van der Waals surface area contributed by atoms with Crippen LogP contribution >= 0.6 is 0 Å². The number of aromatic hydroxyl groups is 1. The first-order valence-electron chi connectivity index (χ1n) is 20.0. The van der Waals surface area contributed by atoms with E-state index in [0.29, 0.717) is 12.0 Å². The van der Waals surface area contributed by atoms with Crippen molar-refractivity contribution in [2.75, 3.05) is 26.2 Å². The molecule has 2 rings (SSSR count). The van der Waals surface area contributed by atoms with Gasteiger partial charge in [0.25, 0.3) is 0 Å². The minimum Gasteiger partial charge on any atom is -0.508 e. The lowest BCUT2D eigenvalue weighted by molar-refractivity contribution is -0.149. The van der Waals surface area contributed by atoms with Crippen LogP contribution in [0.15, 0.2) is 29.3 Å². The predicted octanol–water partition coefficient (Wildman–Crippen LogP) is -3.68. The lowest BCUT2D eigenvalue weighted by Crippen LogP contribution is -2.60. The van der Waals surface area contributed by atoms with Gasteiger partial charge in [0.15, 0.2) is 5.96 Å². The van der Waals surface area contributed by atoms with Crippen molar-refractivity contribution in [3.8, 4) is 5.75 Å². The third-order valence-electron chi connectivity index (χ3n) is 9.56. The molecule has 0 aliphatic carbocycles. The third-order valence-corrected chi connectivity index (χ3v) is 9.56. The fraction of sp³-hybridized carbons (Fsp3) is 0.605. The van der Waals surface area contributed by atoms with Crippen LogP contribution in [0.5, 0.6) is 5.75 Å². The number of carbonyl (C=O) groups excluding carboxylic acids is 7. The normalized spacial score (nSPS) is 16.4. The molecule has 1 fully saturated rings. The smallest absolute Gasteiger partial charge is 0.326 e. The van der Waals surface area contributed by atoms with E-state index in [9.17, 15) is 53.7 Å². The number of primary amides is 1. The van der Waals surface area contributed by atoms with E-state index in [1.54, 1.807) is 13.8 Å². The van der Waals surface area contributed by atoms with Gasteiger partial charge in [-0.15, -0.1) is 0 Å². The molecule has 7 atom stereocenters. The summed E-state index contributed by atoms with van der Waals surface area (Å²) < 4.78 is 0. The minimum atomic E-state index is -1.51. The van der Waals surface area contributed by atoms with Crippen molar-refractivity contribution in [3.05, 3.63) is 29.8 Å². The Morgan fingerprint density at radius 2 is 1.31 bits per heavy atom. The molecule has 0 unspecified atom stereocenters. The number of hydrogen-bond acceptors (Lipinski definition) is 12. The van der Waals surface area contributed by atoms with Crippen LogP contribution in [0.3, 0.4) is 0 Å². The van der Waals surface area contributed by atoms with Crippen LogP contribution in [0.2, 0.25) is 0 Å².